The van der Waals surface area contributed by atoms with Crippen molar-refractivity contribution in [3.8, 4) is 0 Å². The Morgan fingerprint density at radius 2 is 1.94 bits per heavy atom. The first-order chi connectivity index (χ1) is 15.0. The Morgan fingerprint density at radius 3 is 2.56 bits per heavy atom. The van der Waals surface area contributed by atoms with Gasteiger partial charge in [0.05, 0.1) is 0 Å². The fourth-order valence-corrected chi connectivity index (χ4v) is 5.31. The van der Waals surface area contributed by atoms with Crippen LogP contribution in [0.5, 0.6) is 0 Å². The minimum absolute atomic E-state index is 0.0277. The van der Waals surface area contributed by atoms with Crippen LogP contribution in [0.1, 0.15) is 57.1 Å². The van der Waals surface area contributed by atoms with Gasteiger partial charge in [0.1, 0.15) is 11.5 Å². The van der Waals surface area contributed by atoms with Crippen LogP contribution in [0.2, 0.25) is 0 Å². The van der Waals surface area contributed by atoms with E-state index in [1.165, 1.54) is 22.5 Å². The van der Waals surface area contributed by atoms with Crippen LogP contribution in [0.25, 0.3) is 12.2 Å². The van der Waals surface area contributed by atoms with E-state index in [-0.39, 0.29) is 46.8 Å². The van der Waals surface area contributed by atoms with Crippen LogP contribution >= 0.6 is 0 Å². The monoisotopic (exact) mass is 463 g/mol. The van der Waals surface area contributed by atoms with E-state index in [1.807, 2.05) is 20.8 Å². The smallest absolute Gasteiger partial charge is 0.248 e. The molecule has 1 saturated heterocycles. The first-order valence-electron chi connectivity index (χ1n) is 10.8. The molecule has 0 unspecified atom stereocenters. The van der Waals surface area contributed by atoms with Gasteiger partial charge in [0.15, 0.2) is 10.7 Å². The first kappa shape index (κ1) is 24.1. The number of aryl methyl sites for hydroxylation is 1. The van der Waals surface area contributed by atoms with Crippen LogP contribution in [0.3, 0.4) is 0 Å². The van der Waals surface area contributed by atoms with Gasteiger partial charge in [-0.2, -0.15) is 4.31 Å². The van der Waals surface area contributed by atoms with Crippen molar-refractivity contribution in [1.82, 2.24) is 14.8 Å². The van der Waals surface area contributed by atoms with Crippen molar-refractivity contribution < 1.29 is 22.1 Å². The van der Waals surface area contributed by atoms with E-state index in [0.29, 0.717) is 18.4 Å². The van der Waals surface area contributed by atoms with Crippen molar-refractivity contribution in [2.24, 2.45) is 5.92 Å². The zero-order valence-corrected chi connectivity index (χ0v) is 19.7. The summed E-state index contributed by atoms with van der Waals surface area (Å²) in [6.45, 7) is 7.96. The Bertz CT molecular complexity index is 1100. The second kappa shape index (κ2) is 9.54. The summed E-state index contributed by atoms with van der Waals surface area (Å²) in [4.78, 5) is 12.5. The summed E-state index contributed by atoms with van der Waals surface area (Å²) in [5.41, 5.74) is 0.258. The maximum Gasteiger partial charge on any atom is 0.248 e. The molecule has 1 aliphatic heterocycles. The minimum atomic E-state index is -3.88. The Kier molecular flexibility index (Phi) is 7.19. The molecular weight excluding hydrogens is 433 g/mol. The van der Waals surface area contributed by atoms with Gasteiger partial charge >= 0.3 is 0 Å². The van der Waals surface area contributed by atoms with Gasteiger partial charge in [-0.3, -0.25) is 4.79 Å². The molecule has 174 valence electrons. The molecule has 0 radical (unpaired) electrons. The largest absolute Gasteiger partial charge is 0.355 e. The molecule has 1 fully saturated rings. The Hall–Kier alpha value is -2.52. The number of halogens is 1. The molecule has 1 aromatic heterocycles. The van der Waals surface area contributed by atoms with E-state index >= 15 is 0 Å². The Labute approximate surface area is 188 Å². The number of hydrogen-bond acceptors (Lipinski definition) is 5. The van der Waals surface area contributed by atoms with Gasteiger partial charge in [-0.05, 0) is 58.3 Å². The topological polar surface area (TPSA) is 92.5 Å². The third-order valence-electron chi connectivity index (χ3n) is 5.92. The third-order valence-corrected chi connectivity index (χ3v) is 7.98. The Morgan fingerprint density at radius 1 is 1.28 bits per heavy atom. The van der Waals surface area contributed by atoms with Gasteiger partial charge in [0.2, 0.25) is 15.9 Å². The lowest BCUT2D eigenvalue weighted by Gasteiger charge is -2.33. The van der Waals surface area contributed by atoms with Gasteiger partial charge in [-0.15, -0.1) is 0 Å². The zero-order chi connectivity index (χ0) is 23.5. The molecule has 0 saturated carbocycles. The minimum Gasteiger partial charge on any atom is -0.355 e. The van der Waals surface area contributed by atoms with E-state index in [1.54, 1.807) is 25.1 Å². The fraction of sp³-hybridized carbons (Fsp3) is 0.478. The highest BCUT2D eigenvalue weighted by Crippen LogP contribution is 2.29. The molecule has 1 aromatic carbocycles. The average molecular weight is 464 g/mol. The van der Waals surface area contributed by atoms with Crippen LogP contribution in [0.4, 0.5) is 4.39 Å². The second-order valence-corrected chi connectivity index (χ2v) is 10.6. The lowest BCUT2D eigenvalue weighted by Crippen LogP contribution is -2.49. The highest BCUT2D eigenvalue weighted by atomic mass is 32.2. The van der Waals surface area contributed by atoms with E-state index < -0.39 is 15.8 Å². The van der Waals surface area contributed by atoms with Gasteiger partial charge in [-0.25, -0.2) is 12.8 Å². The number of nitrogens with one attached hydrogen (secondary N) is 1. The van der Waals surface area contributed by atoms with Crippen LogP contribution < -0.4 is 5.32 Å². The van der Waals surface area contributed by atoms with Crippen molar-refractivity contribution in [2.45, 2.75) is 57.4 Å². The van der Waals surface area contributed by atoms with Crippen molar-refractivity contribution in [1.29, 1.82) is 0 Å². The summed E-state index contributed by atoms with van der Waals surface area (Å²) >= 11 is 0. The molecule has 9 heteroatoms. The summed E-state index contributed by atoms with van der Waals surface area (Å²) in [6, 6.07) is 6.17. The van der Waals surface area contributed by atoms with Crippen LogP contribution in [-0.4, -0.2) is 42.4 Å². The van der Waals surface area contributed by atoms with Crippen LogP contribution in [0, 0.1) is 18.7 Å². The molecule has 32 heavy (non-hydrogen) atoms. The molecule has 3 rings (SSSR count). The molecule has 2 heterocycles. The van der Waals surface area contributed by atoms with E-state index in [4.69, 9.17) is 4.52 Å². The highest BCUT2D eigenvalue weighted by Gasteiger charge is 2.36. The molecule has 0 bridgehead atoms. The molecule has 2 aromatic rings. The van der Waals surface area contributed by atoms with Crippen LogP contribution in [-0.2, 0) is 14.8 Å². The van der Waals surface area contributed by atoms with Crippen molar-refractivity contribution in [2.75, 3.05) is 13.1 Å². The number of piperidine rings is 1. The number of benzene rings is 1. The summed E-state index contributed by atoms with van der Waals surface area (Å²) in [6.07, 6.45) is 4.56. The molecule has 1 aliphatic rings. The predicted molar refractivity (Wildman–Crippen MR) is 121 cm³/mol. The normalized spacial score (nSPS) is 16.5. The maximum absolute atomic E-state index is 13.9. The summed E-state index contributed by atoms with van der Waals surface area (Å²) in [7, 11) is -3.88. The lowest BCUT2D eigenvalue weighted by atomic mass is 9.94. The number of aromatic nitrogens is 1. The number of carbonyl (C=O) groups is 1. The highest BCUT2D eigenvalue weighted by molar-refractivity contribution is 7.89. The van der Waals surface area contributed by atoms with E-state index in [0.717, 1.165) is 6.42 Å². The van der Waals surface area contributed by atoms with Crippen molar-refractivity contribution in [3.63, 3.8) is 0 Å². The third kappa shape index (κ3) is 5.27. The summed E-state index contributed by atoms with van der Waals surface area (Å²) in [5, 5.41) is 6.86. The van der Waals surface area contributed by atoms with Crippen LogP contribution in [0.15, 0.2) is 33.7 Å². The second-order valence-electron chi connectivity index (χ2n) is 8.72. The van der Waals surface area contributed by atoms with E-state index in [9.17, 15) is 17.6 Å². The van der Waals surface area contributed by atoms with E-state index in [2.05, 4.69) is 10.5 Å². The number of amides is 1. The zero-order valence-electron chi connectivity index (χ0n) is 18.9. The number of sulfonamides is 1. The van der Waals surface area contributed by atoms with Gasteiger partial charge < -0.3 is 9.84 Å². The number of hydrogen-bond donors (Lipinski definition) is 1. The number of nitrogens with zero attached hydrogens (tertiary/aromatic N) is 2. The summed E-state index contributed by atoms with van der Waals surface area (Å²) in [5.74, 6) is -0.633. The fourth-order valence-electron chi connectivity index (χ4n) is 3.59. The number of rotatable bonds is 7. The molecule has 0 aliphatic carbocycles. The van der Waals surface area contributed by atoms with Crippen molar-refractivity contribution in [3.05, 3.63) is 47.1 Å². The first-order valence-corrected chi connectivity index (χ1v) is 12.2. The maximum atomic E-state index is 13.9. The van der Waals surface area contributed by atoms with Gasteiger partial charge in [0.25, 0.3) is 0 Å². The standard InChI is InChI=1S/C23H30FN3O4S/c1-5-23(3,4)25-22(28)18-12-14-27(15-13-18)32(29,30)21-16(2)26-31-20(21)11-10-17-8-6-7-9-19(17)24/h6-11,18H,5,12-15H2,1-4H3,(H,25,28). The molecule has 1 N–H and O–H groups in total. The quantitative estimate of drug-likeness (QED) is 0.670. The number of carbonyl (C=O) groups excluding carboxylic acids is 1. The van der Waals surface area contributed by atoms with Gasteiger partial charge in [0, 0.05) is 30.1 Å². The predicted octanol–water partition coefficient (Wildman–Crippen LogP) is 4.00. The lowest BCUT2D eigenvalue weighted by molar-refractivity contribution is -0.127. The molecule has 0 atom stereocenters. The van der Waals surface area contributed by atoms with Gasteiger partial charge in [-0.1, -0.05) is 30.3 Å². The molecule has 1 amide bonds. The molecular formula is C23H30FN3O4S. The molecule has 0 spiro atoms. The Balaban J connectivity index is 1.75. The SMILES string of the molecule is CCC(C)(C)NC(=O)C1CCN(S(=O)(=O)c2c(C)noc2C=Cc2ccccc2F)CC1. The average Bonchev–Trinajstić information content (AvgIpc) is 3.14. The molecule has 7 nitrogen and oxygen atoms in total. The summed E-state index contributed by atoms with van der Waals surface area (Å²) < 4.78 is 47.2. The van der Waals surface area contributed by atoms with Crippen molar-refractivity contribution >= 4 is 28.1 Å².